The first-order valence-corrected chi connectivity index (χ1v) is 6.77. The zero-order valence-corrected chi connectivity index (χ0v) is 10.7. The Kier molecular flexibility index (Phi) is 3.16. The summed E-state index contributed by atoms with van der Waals surface area (Å²) in [4.78, 5) is 4.93. The molecule has 0 atom stereocenters. The van der Waals surface area contributed by atoms with Crippen molar-refractivity contribution in [1.82, 2.24) is 19.6 Å². The lowest BCUT2D eigenvalue weighted by atomic mass is 10.1. The third kappa shape index (κ3) is 2.38. The molecular formula is C13H22N4. The van der Waals surface area contributed by atoms with Crippen LogP contribution in [0.4, 0.5) is 0 Å². The van der Waals surface area contributed by atoms with Crippen molar-refractivity contribution < 1.29 is 0 Å². The second-order valence-corrected chi connectivity index (χ2v) is 5.38. The molecule has 0 spiro atoms. The molecule has 1 aromatic rings. The SMILES string of the molecule is CN1CCc2c(cnn2CCN2CCCC2)C1. The van der Waals surface area contributed by atoms with E-state index >= 15 is 0 Å². The molecule has 0 bridgehead atoms. The van der Waals surface area contributed by atoms with Crippen molar-refractivity contribution in [1.29, 1.82) is 0 Å². The number of hydrogen-bond donors (Lipinski definition) is 0. The third-order valence-corrected chi connectivity index (χ3v) is 4.03. The molecule has 2 aliphatic rings. The van der Waals surface area contributed by atoms with Gasteiger partial charge in [0, 0.05) is 37.3 Å². The fraction of sp³-hybridized carbons (Fsp3) is 0.769. The van der Waals surface area contributed by atoms with E-state index in [1.165, 1.54) is 50.3 Å². The molecule has 1 fully saturated rings. The summed E-state index contributed by atoms with van der Waals surface area (Å²) in [5.74, 6) is 0. The van der Waals surface area contributed by atoms with Crippen LogP contribution in [0.25, 0.3) is 0 Å². The van der Waals surface area contributed by atoms with Gasteiger partial charge in [0.1, 0.15) is 0 Å². The number of rotatable bonds is 3. The van der Waals surface area contributed by atoms with Crippen LogP contribution in [0.3, 0.4) is 0 Å². The first-order chi connectivity index (χ1) is 8.33. The lowest BCUT2D eigenvalue weighted by Crippen LogP contribution is -2.29. The average Bonchev–Trinajstić information content (AvgIpc) is 2.94. The smallest absolute Gasteiger partial charge is 0.0539 e. The first kappa shape index (κ1) is 11.2. The maximum Gasteiger partial charge on any atom is 0.0539 e. The standard InChI is InChI=1S/C13H22N4/c1-15-7-4-13-12(11-15)10-14-17(13)9-8-16-5-2-3-6-16/h10H,2-9,11H2,1H3. The number of nitrogens with zero attached hydrogens (tertiary/aromatic N) is 4. The zero-order chi connectivity index (χ0) is 11.7. The van der Waals surface area contributed by atoms with Crippen LogP contribution in [0.2, 0.25) is 0 Å². The highest BCUT2D eigenvalue weighted by Crippen LogP contribution is 2.17. The molecule has 0 aliphatic carbocycles. The molecule has 3 rings (SSSR count). The van der Waals surface area contributed by atoms with E-state index in [9.17, 15) is 0 Å². The first-order valence-electron chi connectivity index (χ1n) is 6.77. The molecule has 1 aromatic heterocycles. The predicted molar refractivity (Wildman–Crippen MR) is 67.9 cm³/mol. The van der Waals surface area contributed by atoms with Crippen LogP contribution in [0.15, 0.2) is 6.20 Å². The fourth-order valence-corrected chi connectivity index (χ4v) is 2.97. The van der Waals surface area contributed by atoms with Crippen LogP contribution in [0, 0.1) is 0 Å². The van der Waals surface area contributed by atoms with E-state index in [0.717, 1.165) is 19.5 Å². The Labute approximate surface area is 103 Å². The van der Waals surface area contributed by atoms with Gasteiger partial charge >= 0.3 is 0 Å². The maximum absolute atomic E-state index is 4.56. The second-order valence-electron chi connectivity index (χ2n) is 5.38. The number of aromatic nitrogens is 2. The van der Waals surface area contributed by atoms with Gasteiger partial charge in [0.2, 0.25) is 0 Å². The minimum atomic E-state index is 1.07. The van der Waals surface area contributed by atoms with Crippen molar-refractivity contribution in [3.63, 3.8) is 0 Å². The molecule has 0 unspecified atom stereocenters. The quantitative estimate of drug-likeness (QED) is 0.779. The van der Waals surface area contributed by atoms with E-state index < -0.39 is 0 Å². The highest BCUT2D eigenvalue weighted by Gasteiger charge is 2.18. The van der Waals surface area contributed by atoms with Gasteiger partial charge in [0.25, 0.3) is 0 Å². The van der Waals surface area contributed by atoms with Gasteiger partial charge < -0.3 is 9.80 Å². The molecule has 2 aliphatic heterocycles. The minimum Gasteiger partial charge on any atom is -0.302 e. The third-order valence-electron chi connectivity index (χ3n) is 4.03. The summed E-state index contributed by atoms with van der Waals surface area (Å²) in [5, 5.41) is 4.56. The maximum atomic E-state index is 4.56. The van der Waals surface area contributed by atoms with E-state index in [-0.39, 0.29) is 0 Å². The molecule has 3 heterocycles. The van der Waals surface area contributed by atoms with Crippen molar-refractivity contribution in [2.24, 2.45) is 0 Å². The number of hydrogen-bond acceptors (Lipinski definition) is 3. The largest absolute Gasteiger partial charge is 0.302 e. The second kappa shape index (κ2) is 4.78. The van der Waals surface area contributed by atoms with Crippen molar-refractivity contribution >= 4 is 0 Å². The molecule has 4 nitrogen and oxygen atoms in total. The Morgan fingerprint density at radius 1 is 1.18 bits per heavy atom. The molecule has 4 heteroatoms. The van der Waals surface area contributed by atoms with Crippen LogP contribution >= 0.6 is 0 Å². The van der Waals surface area contributed by atoms with Gasteiger partial charge in [-0.15, -0.1) is 0 Å². The molecule has 0 amide bonds. The number of fused-ring (bicyclic) bond motifs is 1. The monoisotopic (exact) mass is 234 g/mol. The van der Waals surface area contributed by atoms with Crippen LogP contribution in [-0.2, 0) is 19.5 Å². The summed E-state index contributed by atoms with van der Waals surface area (Å²) >= 11 is 0. The molecule has 94 valence electrons. The summed E-state index contributed by atoms with van der Waals surface area (Å²) < 4.78 is 2.24. The molecule has 0 N–H and O–H groups in total. The molecule has 0 radical (unpaired) electrons. The Morgan fingerprint density at radius 2 is 2.00 bits per heavy atom. The highest BCUT2D eigenvalue weighted by atomic mass is 15.3. The van der Waals surface area contributed by atoms with Crippen LogP contribution < -0.4 is 0 Å². The summed E-state index contributed by atoms with van der Waals surface area (Å²) in [6.45, 7) is 7.04. The van der Waals surface area contributed by atoms with Gasteiger partial charge in [-0.3, -0.25) is 4.68 Å². The lowest BCUT2D eigenvalue weighted by molar-refractivity contribution is 0.294. The summed E-state index contributed by atoms with van der Waals surface area (Å²) in [6, 6.07) is 0. The van der Waals surface area contributed by atoms with Gasteiger partial charge in [-0.05, 0) is 33.0 Å². The molecular weight excluding hydrogens is 212 g/mol. The van der Waals surface area contributed by atoms with E-state index in [2.05, 4.69) is 32.8 Å². The Balaban J connectivity index is 1.63. The zero-order valence-electron chi connectivity index (χ0n) is 10.7. The molecule has 0 saturated carbocycles. The van der Waals surface area contributed by atoms with Gasteiger partial charge in [0.05, 0.1) is 12.7 Å². The van der Waals surface area contributed by atoms with E-state index in [1.807, 2.05) is 0 Å². The minimum absolute atomic E-state index is 1.07. The summed E-state index contributed by atoms with van der Waals surface area (Å²) in [6.07, 6.45) is 5.98. The Hall–Kier alpha value is -0.870. The topological polar surface area (TPSA) is 24.3 Å². The van der Waals surface area contributed by atoms with Crippen molar-refractivity contribution in [3.8, 4) is 0 Å². The Bertz CT molecular complexity index is 379. The lowest BCUT2D eigenvalue weighted by Gasteiger charge is -2.23. The fourth-order valence-electron chi connectivity index (χ4n) is 2.97. The molecule has 1 saturated heterocycles. The summed E-state index contributed by atoms with van der Waals surface area (Å²) in [7, 11) is 2.19. The van der Waals surface area contributed by atoms with Crippen LogP contribution in [-0.4, -0.2) is 52.8 Å². The van der Waals surface area contributed by atoms with E-state index in [0.29, 0.717) is 0 Å². The number of likely N-dealkylation sites (tertiary alicyclic amines) is 1. The predicted octanol–water partition coefficient (Wildman–Crippen LogP) is 0.967. The Morgan fingerprint density at radius 3 is 2.82 bits per heavy atom. The van der Waals surface area contributed by atoms with E-state index in [1.54, 1.807) is 0 Å². The highest BCUT2D eigenvalue weighted by molar-refractivity contribution is 5.20. The average molecular weight is 234 g/mol. The van der Waals surface area contributed by atoms with Gasteiger partial charge in [-0.25, -0.2) is 0 Å². The summed E-state index contributed by atoms with van der Waals surface area (Å²) in [5.41, 5.74) is 2.91. The molecule has 17 heavy (non-hydrogen) atoms. The van der Waals surface area contributed by atoms with Gasteiger partial charge in [0.15, 0.2) is 0 Å². The van der Waals surface area contributed by atoms with Crippen molar-refractivity contribution in [2.45, 2.75) is 32.4 Å². The van der Waals surface area contributed by atoms with Crippen LogP contribution in [0.1, 0.15) is 24.1 Å². The van der Waals surface area contributed by atoms with Gasteiger partial charge in [-0.1, -0.05) is 0 Å². The van der Waals surface area contributed by atoms with Crippen LogP contribution in [0.5, 0.6) is 0 Å². The normalized spacial score (nSPS) is 21.9. The number of likely N-dealkylation sites (N-methyl/N-ethyl adjacent to an activating group) is 1. The van der Waals surface area contributed by atoms with Gasteiger partial charge in [-0.2, -0.15) is 5.10 Å². The molecule has 0 aromatic carbocycles. The van der Waals surface area contributed by atoms with E-state index in [4.69, 9.17) is 0 Å². The van der Waals surface area contributed by atoms with Crippen molar-refractivity contribution in [2.75, 3.05) is 33.2 Å². The van der Waals surface area contributed by atoms with Crippen molar-refractivity contribution in [3.05, 3.63) is 17.5 Å².